The molecule has 0 aliphatic rings. The van der Waals surface area contributed by atoms with Crippen LogP contribution in [0.2, 0.25) is 0 Å². The maximum absolute atomic E-state index is 2.39. The van der Waals surface area contributed by atoms with Crippen LogP contribution >= 0.6 is 0 Å². The summed E-state index contributed by atoms with van der Waals surface area (Å²) >= 11 is 0. The van der Waals surface area contributed by atoms with Crippen LogP contribution in [0.3, 0.4) is 0 Å². The number of hydrogen-bond acceptors (Lipinski definition) is 1. The molecule has 346 valence electrons. The molecule has 1 heterocycles. The van der Waals surface area contributed by atoms with E-state index in [1.54, 1.807) is 0 Å². The summed E-state index contributed by atoms with van der Waals surface area (Å²) in [5, 5.41) is 10.0. The minimum absolute atomic E-state index is 1.08. The van der Waals surface area contributed by atoms with E-state index >= 15 is 0 Å². The predicted molar refractivity (Wildman–Crippen MR) is 315 cm³/mol. The molecule has 0 radical (unpaired) electrons. The molecule has 0 fully saturated rings. The number of fused-ring (bicyclic) bond motifs is 7. The third-order valence-corrected chi connectivity index (χ3v) is 15.0. The molecule has 0 saturated heterocycles. The van der Waals surface area contributed by atoms with Gasteiger partial charge in [0, 0.05) is 33.5 Å². The molecule has 0 N–H and O–H groups in total. The third kappa shape index (κ3) is 7.35. The van der Waals surface area contributed by atoms with Gasteiger partial charge in [-0.25, -0.2) is 0 Å². The Balaban J connectivity index is 0.875. The summed E-state index contributed by atoms with van der Waals surface area (Å²) < 4.78 is 2.37. The monoisotopic (exact) mass is 940 g/mol. The number of nitrogens with zero attached hydrogens (tertiary/aromatic N) is 2. The molecule has 0 aliphatic heterocycles. The Morgan fingerprint density at radius 2 is 0.581 bits per heavy atom. The van der Waals surface area contributed by atoms with E-state index in [2.05, 4.69) is 301 Å². The van der Waals surface area contributed by atoms with Gasteiger partial charge in [0.15, 0.2) is 0 Å². The number of benzene rings is 13. The van der Waals surface area contributed by atoms with Crippen molar-refractivity contribution in [3.63, 3.8) is 0 Å². The number of para-hydroxylation sites is 2. The lowest BCUT2D eigenvalue weighted by Crippen LogP contribution is -2.09. The Morgan fingerprint density at radius 1 is 0.230 bits per heavy atom. The maximum Gasteiger partial charge on any atom is 0.0541 e. The Labute approximate surface area is 430 Å². The van der Waals surface area contributed by atoms with Crippen molar-refractivity contribution in [2.45, 2.75) is 0 Å². The van der Waals surface area contributed by atoms with E-state index in [1.165, 1.54) is 104 Å². The van der Waals surface area contributed by atoms with E-state index in [-0.39, 0.29) is 0 Å². The van der Waals surface area contributed by atoms with E-state index in [0.29, 0.717) is 0 Å². The predicted octanol–water partition coefficient (Wildman–Crippen LogP) is 20.0. The fourth-order valence-corrected chi connectivity index (χ4v) is 11.6. The van der Waals surface area contributed by atoms with Crippen molar-refractivity contribution in [2.24, 2.45) is 0 Å². The molecule has 0 aliphatic carbocycles. The smallest absolute Gasteiger partial charge is 0.0541 e. The largest absolute Gasteiger partial charge is 0.311 e. The summed E-state index contributed by atoms with van der Waals surface area (Å²) in [5.41, 5.74) is 18.9. The second kappa shape index (κ2) is 18.1. The molecule has 14 aromatic rings. The van der Waals surface area contributed by atoms with Crippen LogP contribution in [-0.2, 0) is 0 Å². The minimum Gasteiger partial charge on any atom is -0.311 e. The van der Waals surface area contributed by atoms with E-state index in [0.717, 1.165) is 28.3 Å². The highest BCUT2D eigenvalue weighted by molar-refractivity contribution is 6.21. The first-order chi connectivity index (χ1) is 36.7. The van der Waals surface area contributed by atoms with Gasteiger partial charge < -0.3 is 9.47 Å². The highest BCUT2D eigenvalue weighted by Crippen LogP contribution is 2.46. The van der Waals surface area contributed by atoms with Crippen molar-refractivity contribution in [3.05, 3.63) is 291 Å². The van der Waals surface area contributed by atoms with Crippen molar-refractivity contribution in [1.82, 2.24) is 4.57 Å². The van der Waals surface area contributed by atoms with E-state index in [1.807, 2.05) is 0 Å². The molecule has 0 amide bonds. The van der Waals surface area contributed by atoms with Crippen LogP contribution in [0, 0.1) is 0 Å². The summed E-state index contributed by atoms with van der Waals surface area (Å²) in [6.45, 7) is 0. The van der Waals surface area contributed by atoms with E-state index < -0.39 is 0 Å². The molecule has 0 atom stereocenters. The lowest BCUT2D eigenvalue weighted by atomic mass is 9.85. The molecule has 0 saturated carbocycles. The molecule has 74 heavy (non-hydrogen) atoms. The second-order valence-corrected chi connectivity index (χ2v) is 19.2. The molecule has 2 nitrogen and oxygen atoms in total. The standard InChI is InChI=1S/C72H48N2/c1-3-17-51(18-4-1)60-29-15-21-53-22-16-30-61(70(53)60)52-37-45-57(46-38-52)73(56-41-33-49(34-42-56)50-35-43-59(44-36-50)74-68-31-13-11-25-64(68)65-26-12-14-32-69(65)74)58-47-39-55(40-48-58)72-67-28-10-8-24-63(67)62-23-7-9-27-66(62)71(72)54-19-5-2-6-20-54/h1-48H. The summed E-state index contributed by atoms with van der Waals surface area (Å²) in [7, 11) is 0. The van der Waals surface area contributed by atoms with Gasteiger partial charge in [-0.05, 0) is 149 Å². The number of rotatable bonds is 9. The van der Waals surface area contributed by atoms with Crippen LogP contribution < -0.4 is 4.90 Å². The Morgan fingerprint density at radius 3 is 1.07 bits per heavy atom. The van der Waals surface area contributed by atoms with Gasteiger partial charge in [-0.1, -0.05) is 231 Å². The van der Waals surface area contributed by atoms with Crippen LogP contribution in [-0.4, -0.2) is 4.57 Å². The first-order valence-electron chi connectivity index (χ1n) is 25.5. The van der Waals surface area contributed by atoms with Crippen LogP contribution in [0.1, 0.15) is 0 Å². The van der Waals surface area contributed by atoms with Crippen LogP contribution in [0.5, 0.6) is 0 Å². The molecule has 0 spiro atoms. The van der Waals surface area contributed by atoms with Crippen LogP contribution in [0.4, 0.5) is 17.1 Å². The molecular weight excluding hydrogens is 893 g/mol. The van der Waals surface area contributed by atoms with Gasteiger partial charge in [0.05, 0.1) is 11.0 Å². The van der Waals surface area contributed by atoms with Crippen molar-refractivity contribution in [3.8, 4) is 61.3 Å². The number of anilines is 3. The highest BCUT2D eigenvalue weighted by Gasteiger charge is 2.20. The molecule has 2 heteroatoms. The summed E-state index contributed by atoms with van der Waals surface area (Å²) in [6, 6.07) is 106. The van der Waals surface area contributed by atoms with Crippen LogP contribution in [0.25, 0.3) is 115 Å². The Bertz CT molecular complexity index is 4300. The van der Waals surface area contributed by atoms with Gasteiger partial charge in [-0.15, -0.1) is 0 Å². The zero-order valence-corrected chi connectivity index (χ0v) is 40.6. The van der Waals surface area contributed by atoms with E-state index in [4.69, 9.17) is 0 Å². The topological polar surface area (TPSA) is 8.17 Å². The fraction of sp³-hybridized carbons (Fsp3) is 0. The van der Waals surface area contributed by atoms with Crippen molar-refractivity contribution in [1.29, 1.82) is 0 Å². The van der Waals surface area contributed by atoms with Gasteiger partial charge in [0.25, 0.3) is 0 Å². The highest BCUT2D eigenvalue weighted by atomic mass is 15.1. The van der Waals surface area contributed by atoms with Crippen molar-refractivity contribution < 1.29 is 0 Å². The average molecular weight is 941 g/mol. The van der Waals surface area contributed by atoms with Gasteiger partial charge in [0.2, 0.25) is 0 Å². The molecule has 0 bridgehead atoms. The van der Waals surface area contributed by atoms with Crippen LogP contribution in [0.15, 0.2) is 291 Å². The zero-order chi connectivity index (χ0) is 49.0. The van der Waals surface area contributed by atoms with Gasteiger partial charge in [-0.3, -0.25) is 0 Å². The first kappa shape index (κ1) is 43.1. The lowest BCUT2D eigenvalue weighted by Gasteiger charge is -2.26. The molecular formula is C72H48N2. The molecule has 13 aromatic carbocycles. The SMILES string of the molecule is c1ccc(-c2c(-c3ccc(N(c4ccc(-c5ccc(-n6c7ccccc7c7ccccc76)cc5)cc4)c4ccc(-c5cccc6cccc(-c7ccccc7)c56)cc4)cc3)c3ccccc3c3ccccc23)cc1. The Kier molecular flexibility index (Phi) is 10.6. The van der Waals surface area contributed by atoms with Gasteiger partial charge in [-0.2, -0.15) is 0 Å². The second-order valence-electron chi connectivity index (χ2n) is 19.2. The van der Waals surface area contributed by atoms with Crippen molar-refractivity contribution >= 4 is 71.2 Å². The Hall–Kier alpha value is -9.76. The summed E-state index contributed by atoms with van der Waals surface area (Å²) in [4.78, 5) is 2.39. The number of aromatic nitrogens is 1. The fourth-order valence-electron chi connectivity index (χ4n) is 11.6. The average Bonchev–Trinajstić information content (AvgIpc) is 3.82. The normalized spacial score (nSPS) is 11.5. The third-order valence-electron chi connectivity index (χ3n) is 15.0. The quantitative estimate of drug-likeness (QED) is 0.131. The summed E-state index contributed by atoms with van der Waals surface area (Å²) in [5.74, 6) is 0. The van der Waals surface area contributed by atoms with E-state index in [9.17, 15) is 0 Å². The molecule has 0 unspecified atom stereocenters. The zero-order valence-electron chi connectivity index (χ0n) is 40.6. The van der Waals surface area contributed by atoms with Gasteiger partial charge >= 0.3 is 0 Å². The minimum atomic E-state index is 1.08. The summed E-state index contributed by atoms with van der Waals surface area (Å²) in [6.07, 6.45) is 0. The lowest BCUT2D eigenvalue weighted by molar-refractivity contribution is 1.18. The molecule has 1 aromatic heterocycles. The molecule has 14 rings (SSSR count). The van der Waals surface area contributed by atoms with Crippen molar-refractivity contribution in [2.75, 3.05) is 4.90 Å². The first-order valence-corrected chi connectivity index (χ1v) is 25.5. The maximum atomic E-state index is 2.39. The number of hydrogen-bond donors (Lipinski definition) is 0. The van der Waals surface area contributed by atoms with Gasteiger partial charge in [0.1, 0.15) is 0 Å².